The second-order valence-electron chi connectivity index (χ2n) is 39.1. The lowest BCUT2D eigenvalue weighted by Gasteiger charge is -2.26. The fourth-order valence-electron chi connectivity index (χ4n) is 23.2. The van der Waals surface area contributed by atoms with Gasteiger partial charge in [-0.2, -0.15) is 0 Å². The summed E-state index contributed by atoms with van der Waals surface area (Å²) in [6.07, 6.45) is 23.6. The number of rotatable bonds is 8. The molecular weight excluding hydrogens is 1590 g/mol. The van der Waals surface area contributed by atoms with Crippen molar-refractivity contribution in [1.29, 1.82) is 0 Å². The Hall–Kier alpha value is -13.2. The van der Waals surface area contributed by atoms with Gasteiger partial charge in [0.2, 0.25) is 22.8 Å². The van der Waals surface area contributed by atoms with E-state index >= 15 is 0 Å². The van der Waals surface area contributed by atoms with Crippen LogP contribution in [-0.4, -0.2) is 19.9 Å². The Bertz CT molecular complexity index is 7020. The van der Waals surface area contributed by atoms with E-state index in [1.807, 2.05) is 24.3 Å². The number of hydrogen-bond acceptors (Lipinski definition) is 4. The topological polar surface area (TPSA) is 67.1 Å². The van der Waals surface area contributed by atoms with Crippen molar-refractivity contribution in [1.82, 2.24) is 19.9 Å². The van der Waals surface area contributed by atoms with Gasteiger partial charge in [0.15, 0.2) is 24.8 Å². The molecule has 0 bridgehead atoms. The quantitative estimate of drug-likeness (QED) is 0.142. The van der Waals surface area contributed by atoms with Gasteiger partial charge in [-0.3, -0.25) is 19.9 Å². The van der Waals surface area contributed by atoms with E-state index in [2.05, 4.69) is 348 Å². The van der Waals surface area contributed by atoms with Crippen LogP contribution < -0.4 is 18.3 Å². The van der Waals surface area contributed by atoms with E-state index in [1.54, 1.807) is 0 Å². The number of hydrogen-bond donors (Lipinski definition) is 0. The molecule has 0 N–H and O–H groups in total. The van der Waals surface area contributed by atoms with Crippen molar-refractivity contribution < 1.29 is 27.0 Å². The summed E-state index contributed by atoms with van der Waals surface area (Å²) in [5.74, 6) is -0.424. The molecule has 0 atom stereocenters. The van der Waals surface area contributed by atoms with E-state index in [0.29, 0.717) is 0 Å². The van der Waals surface area contributed by atoms with Crippen LogP contribution in [-0.2, 0) is 49.9 Å². The number of aromatic nitrogens is 8. The Labute approximate surface area is 766 Å². The summed E-state index contributed by atoms with van der Waals surface area (Å²) in [6.45, 7) is 26.2. The van der Waals surface area contributed by atoms with E-state index < -0.39 is 0 Å². The third kappa shape index (κ3) is 14.6. The molecule has 3 spiro atoms. The summed E-state index contributed by atoms with van der Waals surface area (Å²) in [5.41, 5.74) is 53.0. The van der Waals surface area contributed by atoms with Crippen LogP contribution in [0.1, 0.15) is 192 Å². The average molecular weight is 1710 g/mol. The summed E-state index contributed by atoms with van der Waals surface area (Å²) in [5, 5.41) is 0. The van der Waals surface area contributed by atoms with Crippen molar-refractivity contribution in [2.24, 2.45) is 28.2 Å². The van der Waals surface area contributed by atoms with E-state index in [0.717, 1.165) is 56.4 Å². The summed E-state index contributed by atoms with van der Waals surface area (Å²) in [7, 11) is 8.47. The normalized spacial score (nSPS) is 15.2. The van der Waals surface area contributed by atoms with E-state index in [9.17, 15) is 8.78 Å². The van der Waals surface area contributed by atoms with E-state index in [-0.39, 0.29) is 33.3 Å². The maximum Gasteiger partial charge on any atom is 0.213 e. The van der Waals surface area contributed by atoms with Gasteiger partial charge >= 0.3 is 0 Å². The molecule has 646 valence electrons. The highest BCUT2D eigenvalue weighted by molar-refractivity contribution is 5.90. The molecule has 130 heavy (non-hydrogen) atoms. The summed E-state index contributed by atoms with van der Waals surface area (Å²) in [4.78, 5) is 20.2. The van der Waals surface area contributed by atoms with Crippen LogP contribution in [0.25, 0.3) is 134 Å². The van der Waals surface area contributed by atoms with Crippen molar-refractivity contribution in [3.8, 4) is 134 Å². The number of aryl methyl sites for hydroxylation is 14. The van der Waals surface area contributed by atoms with E-state index in [4.69, 9.17) is 19.9 Å². The Morgan fingerprint density at radius 1 is 0.246 bits per heavy atom. The Morgan fingerprint density at radius 2 is 0.538 bits per heavy atom. The zero-order valence-electron chi connectivity index (χ0n) is 78.2. The van der Waals surface area contributed by atoms with Crippen molar-refractivity contribution in [3.63, 3.8) is 0 Å². The molecule has 3 fully saturated rings. The smallest absolute Gasteiger partial charge is 0.213 e. The minimum atomic E-state index is -0.214. The first-order valence-electron chi connectivity index (χ1n) is 46.9. The molecule has 0 unspecified atom stereocenters. The average Bonchev–Trinajstić information content (AvgIpc) is 1.55. The molecule has 10 heteroatoms. The molecule has 0 amide bonds. The number of fused-ring (bicyclic) bond motifs is 18. The van der Waals surface area contributed by atoms with Crippen molar-refractivity contribution in [2.45, 2.75) is 182 Å². The van der Waals surface area contributed by atoms with Crippen LogP contribution in [0.15, 0.2) is 267 Å². The van der Waals surface area contributed by atoms with Crippen LogP contribution in [0.3, 0.4) is 0 Å². The standard InChI is InChI=1S/C31H31N2.C30H28FN2.C30H29N2.C29H28FN2/c1-20-7-10-23(11-8-20)24-13-16-33(4)29(18-24)26-19-27-25-12-9-22(3)32-30(25)31(14-5-6-15-31)28(27)17-21(26)2;1-19-16-27-26(24-11-6-20(2)32-29(24)30(27)13-4-5-14-30)18-25(19)28-17-22(12-15-33(28)3)21-7-9-23(31)10-8-21;1-20-17-27-26(24-12-11-21(2)31-29(24)30(27)14-7-8-15-30)19-25(20)28-18-23(13-16-32(28)3)22-9-5-4-6-10-22;1-17-13-26-24(22-12-7-19(3)31-28(22)29(26,4)5)15-23(17)27-14-18(2)25(16-32(27)6)20-8-10-21(30)11-9-20/h7-13,16-19H,5-6,14-15H2,1-4H3;6-12,15-18H,4-5,13-14H2,1-3H3;4-6,9-13,16-19H,7-8,14-15H2,1-3H3;7-16H,1-6H3/q4*+1. The molecular formula is C120H116F2N8+4. The number of nitrogens with zero attached hydrogens (tertiary/aromatic N) is 8. The molecule has 0 saturated heterocycles. The van der Waals surface area contributed by atoms with Gasteiger partial charge in [-0.1, -0.05) is 185 Å². The summed E-state index contributed by atoms with van der Waals surface area (Å²) in [6, 6.07) is 85.6. The Morgan fingerprint density at radius 3 is 0.900 bits per heavy atom. The molecule has 0 radical (unpaired) electrons. The van der Waals surface area contributed by atoms with Crippen LogP contribution >= 0.6 is 0 Å². The van der Waals surface area contributed by atoms with Gasteiger partial charge in [0, 0.05) is 137 Å². The molecule has 8 heterocycles. The zero-order valence-corrected chi connectivity index (χ0v) is 78.2. The minimum absolute atomic E-state index is 0.0815. The molecule has 3 saturated carbocycles. The van der Waals surface area contributed by atoms with Crippen molar-refractivity contribution >= 4 is 0 Å². The lowest BCUT2D eigenvalue weighted by atomic mass is 9.78. The highest BCUT2D eigenvalue weighted by atomic mass is 19.1. The van der Waals surface area contributed by atoms with Crippen LogP contribution in [0, 0.1) is 80.9 Å². The third-order valence-electron chi connectivity index (χ3n) is 30.2. The monoisotopic (exact) mass is 1710 g/mol. The van der Waals surface area contributed by atoms with Crippen molar-refractivity contribution in [2.75, 3.05) is 0 Å². The predicted molar refractivity (Wildman–Crippen MR) is 524 cm³/mol. The Kier molecular flexibility index (Phi) is 21.6. The number of benzene rings is 8. The lowest BCUT2D eigenvalue weighted by molar-refractivity contribution is -0.660. The van der Waals surface area contributed by atoms with Gasteiger partial charge < -0.3 is 0 Å². The number of pyridine rings is 8. The molecule has 8 aromatic carbocycles. The summed E-state index contributed by atoms with van der Waals surface area (Å²) < 4.78 is 35.7. The molecule has 0 aliphatic heterocycles. The second kappa shape index (κ2) is 33.1. The second-order valence-corrected chi connectivity index (χ2v) is 39.1. The Balaban J connectivity index is 0.000000108. The SMILES string of the molecule is Cc1ccc(-c2cc[n+](C)c(-c3cc4c(cc3C)C3(CCCC3)c3nc(C)ccc3-4)c2)cc1.Cc1ccc2c(n1)C(C)(C)c1cc(C)c(-c3cc(C)c(-c4ccc(F)cc4)c[n+]3C)cc1-2.Cc1ccc2c(n1)C1(CCCC1)c1cc(C)c(-c3cc(-c4ccc(F)cc4)cc[n+]3C)cc1-2.Cc1ccc2c(n1)C1(CCCC1)c1cc(C)c(-c3cc(-c4ccccc4)cc[n+]3C)cc1-2. The fourth-order valence-corrected chi connectivity index (χ4v) is 23.2. The molecule has 23 rings (SSSR count). The largest absolute Gasteiger partial charge is 0.257 e. The predicted octanol–water partition coefficient (Wildman–Crippen LogP) is 27.2. The maximum absolute atomic E-state index is 13.5. The fraction of sp³-hybridized carbons (Fsp3) is 0.267. The zero-order chi connectivity index (χ0) is 90.1. The first-order chi connectivity index (χ1) is 62.6. The summed E-state index contributed by atoms with van der Waals surface area (Å²) >= 11 is 0. The third-order valence-corrected chi connectivity index (χ3v) is 30.2. The van der Waals surface area contributed by atoms with Gasteiger partial charge in [0.05, 0.1) is 22.8 Å². The first-order valence-corrected chi connectivity index (χ1v) is 46.9. The molecule has 16 aromatic rings. The molecule has 8 nitrogen and oxygen atoms in total. The number of halogens is 2. The van der Waals surface area contributed by atoms with Crippen LogP contribution in [0.5, 0.6) is 0 Å². The van der Waals surface area contributed by atoms with Crippen LogP contribution in [0.2, 0.25) is 0 Å². The highest BCUT2D eigenvalue weighted by Gasteiger charge is 2.51. The van der Waals surface area contributed by atoms with Crippen LogP contribution in [0.4, 0.5) is 8.78 Å². The minimum Gasteiger partial charge on any atom is -0.257 e. The lowest BCUT2D eigenvalue weighted by Crippen LogP contribution is -2.31. The van der Waals surface area contributed by atoms with Gasteiger partial charge in [-0.05, 0) is 292 Å². The first kappa shape index (κ1) is 84.9. The van der Waals surface area contributed by atoms with Crippen molar-refractivity contribution in [3.05, 3.63) is 380 Å². The highest BCUT2D eigenvalue weighted by Crippen LogP contribution is 2.61. The molecule has 8 aromatic heterocycles. The molecule has 7 aliphatic carbocycles. The van der Waals surface area contributed by atoms with Gasteiger partial charge in [-0.15, -0.1) is 0 Å². The van der Waals surface area contributed by atoms with Gasteiger partial charge in [0.25, 0.3) is 0 Å². The maximum atomic E-state index is 13.5. The van der Waals surface area contributed by atoms with E-state index in [1.165, 1.54) is 280 Å². The van der Waals surface area contributed by atoms with Gasteiger partial charge in [-0.25, -0.2) is 27.0 Å². The molecule has 7 aliphatic rings. The van der Waals surface area contributed by atoms with Gasteiger partial charge in [0.1, 0.15) is 39.8 Å².